The van der Waals surface area contributed by atoms with Crippen LogP contribution in [-0.2, 0) is 14.3 Å². The summed E-state index contributed by atoms with van der Waals surface area (Å²) >= 11 is 4.35. The van der Waals surface area contributed by atoms with Crippen molar-refractivity contribution in [1.29, 1.82) is 0 Å². The number of benzene rings is 1. The molecule has 0 aliphatic heterocycles. The van der Waals surface area contributed by atoms with Crippen molar-refractivity contribution in [2.75, 3.05) is 18.8 Å². The molecule has 3 amide bonds. The van der Waals surface area contributed by atoms with E-state index in [4.69, 9.17) is 4.74 Å². The second-order valence-electron chi connectivity index (χ2n) is 10.3. The number of hydrogen-bond acceptors (Lipinski definition) is 5. The first kappa shape index (κ1) is 31.8. The van der Waals surface area contributed by atoms with Gasteiger partial charge in [-0.05, 0) is 64.2 Å². The summed E-state index contributed by atoms with van der Waals surface area (Å²) in [5.74, 6) is -0.466. The molecule has 0 aliphatic carbocycles. The molecule has 0 fully saturated rings. The molecule has 8 heteroatoms. The monoisotopic (exact) mass is 521 g/mol. The highest BCUT2D eigenvalue weighted by atomic mass is 32.1. The number of unbranched alkanes of at least 4 members (excludes halogenated alkanes) is 4. The van der Waals surface area contributed by atoms with Crippen LogP contribution in [0.5, 0.6) is 0 Å². The predicted molar refractivity (Wildman–Crippen MR) is 149 cm³/mol. The van der Waals surface area contributed by atoms with Crippen LogP contribution in [0.3, 0.4) is 0 Å². The summed E-state index contributed by atoms with van der Waals surface area (Å²) in [6.45, 7) is 14.4. The SMILES string of the molecule is CCCCCNC(=O)C(c1c(C)cccc1C)N(CCCCC)C(=O)C(CS)NC(=O)OC(C)(C)C. The lowest BCUT2D eigenvalue weighted by atomic mass is 9.93. The molecule has 204 valence electrons. The van der Waals surface area contributed by atoms with Crippen LogP contribution in [-0.4, -0.2) is 53.3 Å². The van der Waals surface area contributed by atoms with Crippen molar-refractivity contribution in [3.05, 3.63) is 34.9 Å². The number of amides is 3. The molecule has 2 N–H and O–H groups in total. The highest BCUT2D eigenvalue weighted by molar-refractivity contribution is 7.80. The van der Waals surface area contributed by atoms with Crippen LogP contribution >= 0.6 is 12.6 Å². The second-order valence-corrected chi connectivity index (χ2v) is 10.7. The molecular formula is C28H47N3O4S. The number of ether oxygens (including phenoxy) is 1. The molecule has 1 rings (SSSR count). The summed E-state index contributed by atoms with van der Waals surface area (Å²) in [5.41, 5.74) is 2.01. The van der Waals surface area contributed by atoms with Crippen LogP contribution in [0, 0.1) is 13.8 Å². The summed E-state index contributed by atoms with van der Waals surface area (Å²) in [5, 5.41) is 5.73. The van der Waals surface area contributed by atoms with Gasteiger partial charge in [0.05, 0.1) is 0 Å². The minimum Gasteiger partial charge on any atom is -0.444 e. The van der Waals surface area contributed by atoms with Gasteiger partial charge in [0.2, 0.25) is 11.8 Å². The topological polar surface area (TPSA) is 87.7 Å². The number of carbonyl (C=O) groups excluding carboxylic acids is 3. The third-order valence-corrected chi connectivity index (χ3v) is 6.28. The molecule has 36 heavy (non-hydrogen) atoms. The number of alkyl carbamates (subject to hydrolysis) is 1. The van der Waals surface area contributed by atoms with Crippen molar-refractivity contribution >= 4 is 30.5 Å². The highest BCUT2D eigenvalue weighted by Gasteiger charge is 2.36. The zero-order valence-corrected chi connectivity index (χ0v) is 24.2. The van der Waals surface area contributed by atoms with Crippen molar-refractivity contribution in [3.63, 3.8) is 0 Å². The van der Waals surface area contributed by atoms with Crippen LogP contribution in [0.4, 0.5) is 4.79 Å². The lowest BCUT2D eigenvalue weighted by Gasteiger charge is -2.35. The zero-order valence-electron chi connectivity index (χ0n) is 23.3. The maximum atomic E-state index is 13.9. The molecular weight excluding hydrogens is 474 g/mol. The fourth-order valence-corrected chi connectivity index (χ4v) is 4.35. The molecule has 1 aromatic rings. The van der Waals surface area contributed by atoms with E-state index in [2.05, 4.69) is 37.1 Å². The number of carbonyl (C=O) groups is 3. The van der Waals surface area contributed by atoms with E-state index in [9.17, 15) is 14.4 Å². The Balaban J connectivity index is 3.42. The molecule has 0 aliphatic rings. The van der Waals surface area contributed by atoms with E-state index in [1.54, 1.807) is 25.7 Å². The fourth-order valence-electron chi connectivity index (χ4n) is 4.10. The van der Waals surface area contributed by atoms with Gasteiger partial charge in [-0.1, -0.05) is 57.7 Å². The molecule has 0 aromatic heterocycles. The van der Waals surface area contributed by atoms with Gasteiger partial charge in [-0.2, -0.15) is 12.6 Å². The lowest BCUT2D eigenvalue weighted by Crippen LogP contribution is -2.54. The van der Waals surface area contributed by atoms with Crippen molar-refractivity contribution < 1.29 is 19.1 Å². The van der Waals surface area contributed by atoms with E-state index >= 15 is 0 Å². The van der Waals surface area contributed by atoms with E-state index in [1.165, 1.54) is 0 Å². The summed E-state index contributed by atoms with van der Waals surface area (Å²) in [6, 6.07) is 4.14. The molecule has 0 saturated heterocycles. The van der Waals surface area contributed by atoms with Gasteiger partial charge in [0.25, 0.3) is 0 Å². The maximum absolute atomic E-state index is 13.9. The smallest absolute Gasteiger partial charge is 0.408 e. The van der Waals surface area contributed by atoms with Gasteiger partial charge in [0.15, 0.2) is 0 Å². The number of nitrogens with one attached hydrogen (secondary N) is 2. The first-order valence-corrected chi connectivity index (χ1v) is 13.8. The van der Waals surface area contributed by atoms with Gasteiger partial charge in [-0.25, -0.2) is 4.79 Å². The summed E-state index contributed by atoms with van der Waals surface area (Å²) in [7, 11) is 0. The Morgan fingerprint density at radius 1 is 1.00 bits per heavy atom. The highest BCUT2D eigenvalue weighted by Crippen LogP contribution is 2.29. The van der Waals surface area contributed by atoms with E-state index in [0.29, 0.717) is 13.1 Å². The van der Waals surface area contributed by atoms with Gasteiger partial charge in [0.1, 0.15) is 17.7 Å². The van der Waals surface area contributed by atoms with E-state index < -0.39 is 23.8 Å². The summed E-state index contributed by atoms with van der Waals surface area (Å²) < 4.78 is 5.37. The van der Waals surface area contributed by atoms with Crippen LogP contribution < -0.4 is 10.6 Å². The lowest BCUT2D eigenvalue weighted by molar-refractivity contribution is -0.142. The fraction of sp³-hybridized carbons (Fsp3) is 0.679. The van der Waals surface area contributed by atoms with E-state index in [0.717, 1.165) is 55.2 Å². The average Bonchev–Trinajstić information content (AvgIpc) is 2.79. The first-order valence-electron chi connectivity index (χ1n) is 13.2. The molecule has 1 aromatic carbocycles. The molecule has 0 spiro atoms. The standard InChI is InChI=1S/C28H47N3O4S/c1-8-10-12-17-29-25(32)24(23-20(3)15-14-16-21(23)4)31(18-13-11-9-2)26(33)22(19-36)30-27(34)35-28(5,6)7/h14-16,22,24,36H,8-13,17-19H2,1-7H3,(H,29,32)(H,30,34). The Hall–Kier alpha value is -2.22. The zero-order chi connectivity index (χ0) is 27.3. The minimum atomic E-state index is -0.926. The quantitative estimate of drug-likeness (QED) is 0.223. The predicted octanol–water partition coefficient (Wildman–Crippen LogP) is 5.49. The van der Waals surface area contributed by atoms with Gasteiger partial charge in [0, 0.05) is 18.8 Å². The van der Waals surface area contributed by atoms with Crippen LogP contribution in [0.2, 0.25) is 0 Å². The van der Waals surface area contributed by atoms with Crippen LogP contribution in [0.15, 0.2) is 18.2 Å². The van der Waals surface area contributed by atoms with E-state index in [-0.39, 0.29) is 17.6 Å². The van der Waals surface area contributed by atoms with E-state index in [1.807, 2.05) is 32.0 Å². The molecule has 0 radical (unpaired) electrons. The summed E-state index contributed by atoms with van der Waals surface area (Å²) in [4.78, 5) is 41.7. The van der Waals surface area contributed by atoms with Gasteiger partial charge < -0.3 is 20.3 Å². The Morgan fingerprint density at radius 2 is 1.58 bits per heavy atom. The van der Waals surface area contributed by atoms with Gasteiger partial charge >= 0.3 is 6.09 Å². The number of hydrogen-bond donors (Lipinski definition) is 3. The largest absolute Gasteiger partial charge is 0.444 e. The number of nitrogens with zero attached hydrogens (tertiary/aromatic N) is 1. The van der Waals surface area contributed by atoms with Crippen molar-refractivity contribution in [1.82, 2.24) is 15.5 Å². The number of thiol groups is 1. The normalized spacial score (nSPS) is 13.0. The number of aryl methyl sites for hydroxylation is 2. The third-order valence-electron chi connectivity index (χ3n) is 5.91. The van der Waals surface area contributed by atoms with Gasteiger partial charge in [-0.3, -0.25) is 9.59 Å². The van der Waals surface area contributed by atoms with Crippen molar-refractivity contribution in [2.45, 2.75) is 105 Å². The molecule has 7 nitrogen and oxygen atoms in total. The summed E-state index contributed by atoms with van der Waals surface area (Å²) in [6.07, 6.45) is 4.92. The molecule has 2 atom stereocenters. The van der Waals surface area contributed by atoms with Crippen LogP contribution in [0.25, 0.3) is 0 Å². The van der Waals surface area contributed by atoms with Crippen LogP contribution in [0.1, 0.15) is 95.9 Å². The Bertz CT molecular complexity index is 833. The molecule has 0 saturated carbocycles. The average molecular weight is 522 g/mol. The number of rotatable bonds is 14. The van der Waals surface area contributed by atoms with Gasteiger partial charge in [-0.15, -0.1) is 0 Å². The molecule has 2 unspecified atom stereocenters. The Morgan fingerprint density at radius 3 is 2.11 bits per heavy atom. The molecule has 0 bridgehead atoms. The first-order chi connectivity index (χ1) is 17.0. The molecule has 0 heterocycles. The Kier molecular flexibility index (Phi) is 14.0. The van der Waals surface area contributed by atoms with Crippen molar-refractivity contribution in [3.8, 4) is 0 Å². The third kappa shape index (κ3) is 10.4. The van der Waals surface area contributed by atoms with Crippen molar-refractivity contribution in [2.24, 2.45) is 0 Å². The Labute approximate surface area is 223 Å². The minimum absolute atomic E-state index is 0.0833. The second kappa shape index (κ2) is 15.8. The maximum Gasteiger partial charge on any atom is 0.408 e.